The predicted octanol–water partition coefficient (Wildman–Crippen LogP) is 3.10. The van der Waals surface area contributed by atoms with Crippen LogP contribution in [0.3, 0.4) is 0 Å². The van der Waals surface area contributed by atoms with Crippen molar-refractivity contribution in [2.45, 2.75) is 25.8 Å². The maximum atomic E-state index is 10.8. The van der Waals surface area contributed by atoms with Gasteiger partial charge in [-0.15, -0.1) is 0 Å². The zero-order chi connectivity index (χ0) is 14.8. The van der Waals surface area contributed by atoms with Crippen molar-refractivity contribution >= 4 is 32.4 Å². The van der Waals surface area contributed by atoms with Crippen LogP contribution in [-0.2, 0) is 0 Å². The summed E-state index contributed by atoms with van der Waals surface area (Å²) < 4.78 is 0.859. The first-order valence-corrected chi connectivity index (χ1v) is 8.01. The molecule has 7 heteroatoms. The molecule has 6 nitrogen and oxygen atoms in total. The number of likely N-dealkylation sites (tertiary alicyclic amines) is 1. The Morgan fingerprint density at radius 2 is 2.24 bits per heavy atom. The third-order valence-electron chi connectivity index (χ3n) is 3.95. The zero-order valence-corrected chi connectivity index (χ0v) is 12.7. The van der Waals surface area contributed by atoms with Gasteiger partial charge in [0, 0.05) is 31.3 Å². The van der Waals surface area contributed by atoms with Gasteiger partial charge in [-0.1, -0.05) is 18.3 Å². The number of hydrogen-bond donors (Lipinski definition) is 1. The average Bonchev–Trinajstić information content (AvgIpc) is 2.89. The molecule has 0 amide bonds. The SMILES string of the molecule is CCN1CCC(Nc2nc3ccc([N+](=O)[O-])cc3s2)CC1. The van der Waals surface area contributed by atoms with Crippen LogP contribution in [0, 0.1) is 10.1 Å². The van der Waals surface area contributed by atoms with Crippen LogP contribution in [-0.4, -0.2) is 40.5 Å². The van der Waals surface area contributed by atoms with Crippen LogP contribution in [0.2, 0.25) is 0 Å². The summed E-state index contributed by atoms with van der Waals surface area (Å²) in [5, 5.41) is 15.1. The average molecular weight is 306 g/mol. The first-order valence-electron chi connectivity index (χ1n) is 7.19. The number of fused-ring (bicyclic) bond motifs is 1. The van der Waals surface area contributed by atoms with Crippen LogP contribution in [0.4, 0.5) is 10.8 Å². The highest BCUT2D eigenvalue weighted by Gasteiger charge is 2.19. The highest BCUT2D eigenvalue weighted by atomic mass is 32.1. The zero-order valence-electron chi connectivity index (χ0n) is 11.9. The molecule has 1 aromatic heterocycles. The molecular weight excluding hydrogens is 288 g/mol. The van der Waals surface area contributed by atoms with Crippen molar-refractivity contribution in [2.75, 3.05) is 25.0 Å². The molecule has 2 heterocycles. The van der Waals surface area contributed by atoms with Crippen LogP contribution in [0.5, 0.6) is 0 Å². The van der Waals surface area contributed by atoms with Gasteiger partial charge in [0.05, 0.1) is 15.1 Å². The number of non-ortho nitro benzene ring substituents is 1. The van der Waals surface area contributed by atoms with Crippen LogP contribution in [0.1, 0.15) is 19.8 Å². The topological polar surface area (TPSA) is 71.3 Å². The van der Waals surface area contributed by atoms with Gasteiger partial charge in [-0.05, 0) is 25.5 Å². The number of anilines is 1. The molecule has 1 N–H and O–H groups in total. The summed E-state index contributed by atoms with van der Waals surface area (Å²) in [7, 11) is 0. The second-order valence-corrected chi connectivity index (χ2v) is 6.31. The number of hydrogen-bond acceptors (Lipinski definition) is 6. The summed E-state index contributed by atoms with van der Waals surface area (Å²) in [6.07, 6.45) is 2.23. The highest BCUT2D eigenvalue weighted by Crippen LogP contribution is 2.30. The minimum Gasteiger partial charge on any atom is -0.359 e. The molecule has 0 unspecified atom stereocenters. The number of thiazole rings is 1. The van der Waals surface area contributed by atoms with Crippen LogP contribution in [0.25, 0.3) is 10.2 Å². The van der Waals surface area contributed by atoms with Crippen molar-refractivity contribution in [2.24, 2.45) is 0 Å². The van der Waals surface area contributed by atoms with Crippen molar-refractivity contribution in [1.29, 1.82) is 0 Å². The Kier molecular flexibility index (Phi) is 4.03. The fraction of sp³-hybridized carbons (Fsp3) is 0.500. The summed E-state index contributed by atoms with van der Waals surface area (Å²) in [5.74, 6) is 0. The van der Waals surface area contributed by atoms with E-state index in [0.717, 1.165) is 47.8 Å². The van der Waals surface area contributed by atoms with Crippen molar-refractivity contribution < 1.29 is 4.92 Å². The molecule has 0 spiro atoms. The lowest BCUT2D eigenvalue weighted by Gasteiger charge is -2.31. The number of nitro groups is 1. The Labute approximate surface area is 126 Å². The molecule has 112 valence electrons. The van der Waals surface area contributed by atoms with Crippen molar-refractivity contribution in [1.82, 2.24) is 9.88 Å². The number of piperidine rings is 1. The van der Waals surface area contributed by atoms with Crippen LogP contribution in [0.15, 0.2) is 18.2 Å². The van der Waals surface area contributed by atoms with Crippen LogP contribution >= 0.6 is 11.3 Å². The van der Waals surface area contributed by atoms with E-state index in [1.165, 1.54) is 17.4 Å². The molecular formula is C14H18N4O2S. The number of benzene rings is 1. The maximum Gasteiger partial charge on any atom is 0.270 e. The van der Waals surface area contributed by atoms with Gasteiger partial charge >= 0.3 is 0 Å². The number of aromatic nitrogens is 1. The summed E-state index contributed by atoms with van der Waals surface area (Å²) in [6, 6.07) is 5.27. The quantitative estimate of drug-likeness (QED) is 0.694. The molecule has 0 radical (unpaired) electrons. The molecule has 0 bridgehead atoms. The van der Waals surface area contributed by atoms with Gasteiger partial charge < -0.3 is 10.2 Å². The molecule has 1 fully saturated rings. The molecule has 3 rings (SSSR count). The lowest BCUT2D eigenvalue weighted by Crippen LogP contribution is -2.38. The smallest absolute Gasteiger partial charge is 0.270 e. The highest BCUT2D eigenvalue weighted by molar-refractivity contribution is 7.22. The maximum absolute atomic E-state index is 10.8. The molecule has 1 saturated heterocycles. The minimum absolute atomic E-state index is 0.119. The van der Waals surface area contributed by atoms with E-state index in [4.69, 9.17) is 0 Å². The summed E-state index contributed by atoms with van der Waals surface area (Å²) in [5.41, 5.74) is 0.938. The third-order valence-corrected chi connectivity index (χ3v) is 4.89. The van der Waals surface area contributed by atoms with E-state index in [0.29, 0.717) is 6.04 Å². The van der Waals surface area contributed by atoms with E-state index in [1.807, 2.05) is 0 Å². The van der Waals surface area contributed by atoms with E-state index in [1.54, 1.807) is 12.1 Å². The van der Waals surface area contributed by atoms with Gasteiger partial charge in [-0.25, -0.2) is 4.98 Å². The molecule has 1 aliphatic rings. The van der Waals surface area contributed by atoms with Crippen LogP contribution < -0.4 is 5.32 Å². The molecule has 2 aromatic rings. The van der Waals surface area contributed by atoms with Gasteiger partial charge in [0.15, 0.2) is 5.13 Å². The molecule has 0 atom stereocenters. The van der Waals surface area contributed by atoms with Gasteiger partial charge in [-0.3, -0.25) is 10.1 Å². The third kappa shape index (κ3) is 3.14. The lowest BCUT2D eigenvalue weighted by atomic mass is 10.1. The Hall–Kier alpha value is -1.73. The van der Waals surface area contributed by atoms with Crippen molar-refractivity contribution in [3.05, 3.63) is 28.3 Å². The van der Waals surface area contributed by atoms with E-state index < -0.39 is 0 Å². The summed E-state index contributed by atoms with van der Waals surface area (Å²) in [4.78, 5) is 17.4. The molecule has 1 aliphatic heterocycles. The largest absolute Gasteiger partial charge is 0.359 e. The number of nitro benzene ring substituents is 1. The van der Waals surface area contributed by atoms with E-state index in [9.17, 15) is 10.1 Å². The Bertz CT molecular complexity index is 649. The number of nitrogens with one attached hydrogen (secondary N) is 1. The predicted molar refractivity (Wildman–Crippen MR) is 85.0 cm³/mol. The van der Waals surface area contributed by atoms with Gasteiger partial charge in [-0.2, -0.15) is 0 Å². The monoisotopic (exact) mass is 306 g/mol. The normalized spacial score (nSPS) is 17.2. The molecule has 21 heavy (non-hydrogen) atoms. The molecule has 0 aliphatic carbocycles. The fourth-order valence-electron chi connectivity index (χ4n) is 2.66. The van der Waals surface area contributed by atoms with Crippen molar-refractivity contribution in [3.8, 4) is 0 Å². The van der Waals surface area contributed by atoms with E-state index >= 15 is 0 Å². The number of rotatable bonds is 4. The molecule has 1 aromatic carbocycles. The minimum atomic E-state index is -0.368. The summed E-state index contributed by atoms with van der Waals surface area (Å²) in [6.45, 7) is 5.53. The second-order valence-electron chi connectivity index (χ2n) is 5.28. The van der Waals surface area contributed by atoms with Gasteiger partial charge in [0.25, 0.3) is 5.69 Å². The van der Waals surface area contributed by atoms with E-state index in [-0.39, 0.29) is 10.6 Å². The Morgan fingerprint density at radius 3 is 2.90 bits per heavy atom. The first kappa shape index (κ1) is 14.2. The number of nitrogens with zero attached hydrogens (tertiary/aromatic N) is 3. The van der Waals surface area contributed by atoms with Gasteiger partial charge in [0.2, 0.25) is 0 Å². The van der Waals surface area contributed by atoms with Crippen molar-refractivity contribution in [3.63, 3.8) is 0 Å². The standard InChI is InChI=1S/C14H18N4O2S/c1-2-17-7-5-10(6-8-17)15-14-16-12-4-3-11(18(19)20)9-13(12)21-14/h3-4,9-10H,2,5-8H2,1H3,(H,15,16). The second kappa shape index (κ2) is 5.95. The fourth-order valence-corrected chi connectivity index (χ4v) is 3.63. The van der Waals surface area contributed by atoms with Gasteiger partial charge in [0.1, 0.15) is 0 Å². The first-order chi connectivity index (χ1) is 10.2. The Morgan fingerprint density at radius 1 is 1.48 bits per heavy atom. The lowest BCUT2D eigenvalue weighted by molar-refractivity contribution is -0.384. The van der Waals surface area contributed by atoms with E-state index in [2.05, 4.69) is 22.1 Å². The Balaban J connectivity index is 1.71. The summed E-state index contributed by atoms with van der Waals surface area (Å²) >= 11 is 1.49. The molecule has 0 saturated carbocycles.